The molecule has 3 rings (SSSR count). The third kappa shape index (κ3) is 2.91. The molecule has 2 N–H and O–H groups in total. The maximum absolute atomic E-state index is 12.7. The molecular formula is C13H15N5O3. The van der Waals surface area contributed by atoms with Gasteiger partial charge in [0.1, 0.15) is 0 Å². The molecule has 2 heterocycles. The van der Waals surface area contributed by atoms with Crippen molar-refractivity contribution in [3.8, 4) is 11.4 Å². The van der Waals surface area contributed by atoms with Crippen LogP contribution >= 0.6 is 0 Å². The van der Waals surface area contributed by atoms with Crippen molar-refractivity contribution in [2.75, 3.05) is 26.3 Å². The molecule has 1 aliphatic heterocycles. The van der Waals surface area contributed by atoms with Gasteiger partial charge in [-0.2, -0.15) is 5.21 Å². The summed E-state index contributed by atoms with van der Waals surface area (Å²) in [6, 6.07) is 7.07. The van der Waals surface area contributed by atoms with Gasteiger partial charge in [-0.3, -0.25) is 4.79 Å². The van der Waals surface area contributed by atoms with Gasteiger partial charge in [0.25, 0.3) is 5.91 Å². The number of H-pyrrole nitrogens is 1. The van der Waals surface area contributed by atoms with Gasteiger partial charge in [-0.1, -0.05) is 18.2 Å². The Bertz CT molecular complexity index is 616. The van der Waals surface area contributed by atoms with Crippen molar-refractivity contribution in [1.29, 1.82) is 0 Å². The minimum atomic E-state index is -0.672. The van der Waals surface area contributed by atoms with E-state index >= 15 is 0 Å². The van der Waals surface area contributed by atoms with Crippen molar-refractivity contribution in [2.24, 2.45) is 0 Å². The highest BCUT2D eigenvalue weighted by Crippen LogP contribution is 2.21. The molecule has 1 fully saturated rings. The number of aliphatic hydroxyl groups is 1. The van der Waals surface area contributed by atoms with Crippen molar-refractivity contribution >= 4 is 5.91 Å². The van der Waals surface area contributed by atoms with Crippen molar-refractivity contribution in [1.82, 2.24) is 25.5 Å². The molecule has 1 amide bonds. The summed E-state index contributed by atoms with van der Waals surface area (Å²) in [5, 5.41) is 23.5. The lowest BCUT2D eigenvalue weighted by atomic mass is 10.1. The van der Waals surface area contributed by atoms with Gasteiger partial charge in [0, 0.05) is 18.7 Å². The van der Waals surface area contributed by atoms with Crippen LogP contribution in [0.4, 0.5) is 0 Å². The third-order valence-electron chi connectivity index (χ3n) is 3.28. The number of rotatable bonds is 2. The first kappa shape index (κ1) is 13.7. The standard InChI is InChI=1S/C13H15N5O3/c19-9-7-18(5-6-21-8-9)13(20)11-4-2-1-3-10(11)12-14-16-17-15-12/h1-4,9,19H,5-8H2,(H,14,15,16,17)/t9-/m1/s1. The summed E-state index contributed by atoms with van der Waals surface area (Å²) in [6.07, 6.45) is -0.672. The summed E-state index contributed by atoms with van der Waals surface area (Å²) < 4.78 is 5.24. The lowest BCUT2D eigenvalue weighted by Crippen LogP contribution is -2.38. The minimum absolute atomic E-state index is 0.181. The van der Waals surface area contributed by atoms with E-state index in [2.05, 4.69) is 20.6 Å². The van der Waals surface area contributed by atoms with Crippen LogP contribution in [-0.4, -0.2) is 68.9 Å². The van der Waals surface area contributed by atoms with Crippen molar-refractivity contribution in [3.05, 3.63) is 29.8 Å². The monoisotopic (exact) mass is 289 g/mol. The zero-order valence-corrected chi connectivity index (χ0v) is 11.3. The normalized spacial score (nSPS) is 19.3. The van der Waals surface area contributed by atoms with Crippen LogP contribution in [-0.2, 0) is 4.74 Å². The molecule has 1 atom stereocenters. The van der Waals surface area contributed by atoms with E-state index in [4.69, 9.17) is 4.74 Å². The molecular weight excluding hydrogens is 274 g/mol. The summed E-state index contributed by atoms with van der Waals surface area (Å²) in [6.45, 7) is 1.35. The molecule has 0 aliphatic carbocycles. The molecule has 0 saturated carbocycles. The Kier molecular flexibility index (Phi) is 3.89. The van der Waals surface area contributed by atoms with E-state index < -0.39 is 6.10 Å². The summed E-state index contributed by atoms with van der Waals surface area (Å²) in [5.41, 5.74) is 1.09. The molecule has 1 saturated heterocycles. The summed E-state index contributed by atoms with van der Waals surface area (Å²) >= 11 is 0. The van der Waals surface area contributed by atoms with Crippen molar-refractivity contribution in [2.45, 2.75) is 6.10 Å². The number of hydrogen-bond acceptors (Lipinski definition) is 6. The fraction of sp³-hybridized carbons (Fsp3) is 0.385. The van der Waals surface area contributed by atoms with Gasteiger partial charge in [-0.25, -0.2) is 0 Å². The van der Waals surface area contributed by atoms with E-state index in [1.807, 2.05) is 6.07 Å². The van der Waals surface area contributed by atoms with Crippen LogP contribution in [0.25, 0.3) is 11.4 Å². The number of nitrogens with zero attached hydrogens (tertiary/aromatic N) is 4. The molecule has 21 heavy (non-hydrogen) atoms. The Hall–Kier alpha value is -2.32. The predicted molar refractivity (Wildman–Crippen MR) is 72.3 cm³/mol. The Labute approximate surface area is 120 Å². The molecule has 8 nitrogen and oxygen atoms in total. The second-order valence-electron chi connectivity index (χ2n) is 4.76. The number of nitrogens with one attached hydrogen (secondary N) is 1. The second kappa shape index (κ2) is 5.98. The molecule has 1 aromatic carbocycles. The van der Waals surface area contributed by atoms with E-state index in [1.165, 1.54) is 0 Å². The molecule has 0 bridgehead atoms. The Balaban J connectivity index is 1.91. The molecule has 110 valence electrons. The van der Waals surface area contributed by atoms with Crippen LogP contribution in [0.1, 0.15) is 10.4 Å². The third-order valence-corrected chi connectivity index (χ3v) is 3.28. The molecule has 0 spiro atoms. The maximum Gasteiger partial charge on any atom is 0.254 e. The van der Waals surface area contributed by atoms with Gasteiger partial charge in [0.2, 0.25) is 5.82 Å². The van der Waals surface area contributed by atoms with Gasteiger partial charge in [0.15, 0.2) is 0 Å². The molecule has 8 heteroatoms. The highest BCUT2D eigenvalue weighted by molar-refractivity contribution is 6.00. The smallest absolute Gasteiger partial charge is 0.254 e. The number of ether oxygens (including phenoxy) is 1. The number of β-amino-alcohol motifs (C(OH)–C–C–N with tert-alkyl or cyclic N) is 1. The molecule has 1 aromatic heterocycles. The maximum atomic E-state index is 12.7. The average molecular weight is 289 g/mol. The largest absolute Gasteiger partial charge is 0.389 e. The summed E-state index contributed by atoms with van der Waals surface area (Å²) in [5.74, 6) is 0.186. The van der Waals surface area contributed by atoms with Crippen LogP contribution in [0, 0.1) is 0 Å². The summed E-state index contributed by atoms with van der Waals surface area (Å²) in [7, 11) is 0. The van der Waals surface area contributed by atoms with E-state index in [9.17, 15) is 9.90 Å². The fourth-order valence-electron chi connectivity index (χ4n) is 2.29. The first-order valence-electron chi connectivity index (χ1n) is 6.63. The molecule has 0 radical (unpaired) electrons. The van der Waals surface area contributed by atoms with Gasteiger partial charge >= 0.3 is 0 Å². The lowest BCUT2D eigenvalue weighted by Gasteiger charge is -2.22. The number of carbonyl (C=O) groups excluding carboxylic acids is 1. The van der Waals surface area contributed by atoms with Crippen molar-refractivity contribution in [3.63, 3.8) is 0 Å². The number of carbonyl (C=O) groups is 1. The first-order chi connectivity index (χ1) is 10.3. The number of aromatic nitrogens is 4. The molecule has 2 aromatic rings. The van der Waals surface area contributed by atoms with Gasteiger partial charge in [-0.15, -0.1) is 10.2 Å². The molecule has 1 aliphatic rings. The Morgan fingerprint density at radius 1 is 1.43 bits per heavy atom. The van der Waals surface area contributed by atoms with E-state index in [1.54, 1.807) is 23.1 Å². The molecule has 0 unspecified atom stereocenters. The number of hydrogen-bond donors (Lipinski definition) is 2. The van der Waals surface area contributed by atoms with Crippen LogP contribution in [0.5, 0.6) is 0 Å². The lowest BCUT2D eigenvalue weighted by molar-refractivity contribution is 0.0534. The number of aliphatic hydroxyl groups excluding tert-OH is 1. The number of amides is 1. The average Bonchev–Trinajstić information content (AvgIpc) is 2.95. The minimum Gasteiger partial charge on any atom is -0.389 e. The summed E-state index contributed by atoms with van der Waals surface area (Å²) in [4.78, 5) is 14.3. The fourth-order valence-corrected chi connectivity index (χ4v) is 2.29. The topological polar surface area (TPSA) is 104 Å². The van der Waals surface area contributed by atoms with Crippen molar-refractivity contribution < 1.29 is 14.6 Å². The van der Waals surface area contributed by atoms with Crippen LogP contribution in [0.3, 0.4) is 0 Å². The van der Waals surface area contributed by atoms with Crippen LogP contribution < -0.4 is 0 Å². The quantitative estimate of drug-likeness (QED) is 0.786. The zero-order chi connectivity index (χ0) is 14.7. The Morgan fingerprint density at radius 2 is 2.29 bits per heavy atom. The number of tetrazole rings is 1. The van der Waals surface area contributed by atoms with Gasteiger partial charge in [-0.05, 0) is 11.3 Å². The number of benzene rings is 1. The van der Waals surface area contributed by atoms with Gasteiger partial charge < -0.3 is 14.7 Å². The highest BCUT2D eigenvalue weighted by Gasteiger charge is 2.24. The number of aromatic amines is 1. The zero-order valence-electron chi connectivity index (χ0n) is 11.3. The van der Waals surface area contributed by atoms with Crippen LogP contribution in [0.15, 0.2) is 24.3 Å². The predicted octanol–water partition coefficient (Wildman–Crippen LogP) is -0.300. The van der Waals surface area contributed by atoms with E-state index in [0.717, 1.165) is 0 Å². The van der Waals surface area contributed by atoms with Gasteiger partial charge in [0.05, 0.1) is 24.9 Å². The highest BCUT2D eigenvalue weighted by atomic mass is 16.5. The second-order valence-corrected chi connectivity index (χ2v) is 4.76. The van der Waals surface area contributed by atoms with E-state index in [-0.39, 0.29) is 19.1 Å². The van der Waals surface area contributed by atoms with E-state index in [0.29, 0.717) is 30.1 Å². The Morgan fingerprint density at radius 3 is 3.10 bits per heavy atom. The SMILES string of the molecule is O=C(c1ccccc1-c1nn[nH]n1)N1CCOC[C@H](O)C1. The first-order valence-corrected chi connectivity index (χ1v) is 6.63. The van der Waals surface area contributed by atoms with Crippen LogP contribution in [0.2, 0.25) is 0 Å².